The highest BCUT2D eigenvalue weighted by atomic mass is 32.2. The van der Waals surface area contributed by atoms with Crippen molar-refractivity contribution in [1.29, 1.82) is 0 Å². The molecule has 1 amide bonds. The molecule has 1 N–H and O–H groups in total. The summed E-state index contributed by atoms with van der Waals surface area (Å²) in [5.74, 6) is 0.975. The molecule has 20 heavy (non-hydrogen) atoms. The summed E-state index contributed by atoms with van der Waals surface area (Å²) in [5, 5.41) is 3.73. The third kappa shape index (κ3) is 4.44. The third-order valence-corrected chi connectivity index (χ3v) is 5.17. The van der Waals surface area contributed by atoms with Gasteiger partial charge in [0.25, 0.3) is 0 Å². The number of thioether (sulfide) groups is 1. The lowest BCUT2D eigenvalue weighted by molar-refractivity contribution is -0.120. The minimum atomic E-state index is 0.0383. The van der Waals surface area contributed by atoms with E-state index >= 15 is 0 Å². The molecule has 1 aromatic rings. The van der Waals surface area contributed by atoms with Gasteiger partial charge in [-0.25, -0.2) is 0 Å². The van der Waals surface area contributed by atoms with Crippen LogP contribution in [0.15, 0.2) is 24.3 Å². The summed E-state index contributed by atoms with van der Waals surface area (Å²) >= 11 is 1.82. The van der Waals surface area contributed by atoms with E-state index in [1.807, 2.05) is 43.0 Å². The summed E-state index contributed by atoms with van der Waals surface area (Å²) in [6.45, 7) is 2.59. The van der Waals surface area contributed by atoms with Gasteiger partial charge >= 0.3 is 0 Å². The second kappa shape index (κ2) is 7.58. The van der Waals surface area contributed by atoms with Crippen LogP contribution in [0, 0.1) is 0 Å². The molecule has 0 bridgehead atoms. The maximum atomic E-state index is 12.1. The van der Waals surface area contributed by atoms with E-state index in [9.17, 15) is 4.79 Å². The van der Waals surface area contributed by atoms with E-state index in [2.05, 4.69) is 5.32 Å². The number of ether oxygens (including phenoxy) is 1. The van der Waals surface area contributed by atoms with Crippen molar-refractivity contribution in [3.8, 4) is 5.75 Å². The van der Waals surface area contributed by atoms with Gasteiger partial charge in [-0.3, -0.25) is 4.79 Å². The monoisotopic (exact) mass is 293 g/mol. The van der Waals surface area contributed by atoms with Crippen molar-refractivity contribution in [1.82, 2.24) is 5.32 Å². The van der Waals surface area contributed by atoms with Crippen LogP contribution in [0.1, 0.15) is 38.2 Å². The molecule has 110 valence electrons. The zero-order valence-corrected chi connectivity index (χ0v) is 13.0. The van der Waals surface area contributed by atoms with E-state index in [0.29, 0.717) is 11.8 Å². The highest BCUT2D eigenvalue weighted by Crippen LogP contribution is 2.32. The molecule has 1 aliphatic rings. The van der Waals surface area contributed by atoms with Crippen LogP contribution in [0.25, 0.3) is 0 Å². The van der Waals surface area contributed by atoms with Crippen LogP contribution < -0.4 is 10.1 Å². The van der Waals surface area contributed by atoms with Gasteiger partial charge < -0.3 is 10.1 Å². The first-order valence-corrected chi connectivity index (χ1v) is 8.19. The van der Waals surface area contributed by atoms with Gasteiger partial charge in [0.2, 0.25) is 5.91 Å². The fourth-order valence-electron chi connectivity index (χ4n) is 2.45. The standard InChI is InChI=1S/C16H23NO2S/c1-12(20-15-5-3-4-6-15)16(18)17-11-13-7-9-14(19-2)10-8-13/h7-10,12,15H,3-6,11H2,1-2H3,(H,17,18)/t12-/m1/s1. The fourth-order valence-corrected chi connectivity index (χ4v) is 3.84. The lowest BCUT2D eigenvalue weighted by Gasteiger charge is -2.16. The molecule has 1 aromatic carbocycles. The van der Waals surface area contributed by atoms with Gasteiger partial charge in [0, 0.05) is 11.8 Å². The Morgan fingerprint density at radius 3 is 2.60 bits per heavy atom. The lowest BCUT2D eigenvalue weighted by Crippen LogP contribution is -2.31. The van der Waals surface area contributed by atoms with Crippen molar-refractivity contribution in [3.63, 3.8) is 0 Å². The Labute approximate surface area is 125 Å². The van der Waals surface area contributed by atoms with Crippen molar-refractivity contribution in [2.24, 2.45) is 0 Å². The summed E-state index contributed by atoms with van der Waals surface area (Å²) in [4.78, 5) is 12.1. The van der Waals surface area contributed by atoms with E-state index in [0.717, 1.165) is 11.3 Å². The topological polar surface area (TPSA) is 38.3 Å². The highest BCUT2D eigenvalue weighted by molar-refractivity contribution is 8.01. The molecule has 0 heterocycles. The number of hydrogen-bond acceptors (Lipinski definition) is 3. The molecule has 0 spiro atoms. The average Bonchev–Trinajstić information content (AvgIpc) is 2.98. The number of rotatable bonds is 6. The summed E-state index contributed by atoms with van der Waals surface area (Å²) in [6.07, 6.45) is 5.16. The molecular formula is C16H23NO2S. The van der Waals surface area contributed by atoms with Crippen LogP contribution in [0.4, 0.5) is 0 Å². The second-order valence-electron chi connectivity index (χ2n) is 5.25. The highest BCUT2D eigenvalue weighted by Gasteiger charge is 2.22. The van der Waals surface area contributed by atoms with E-state index < -0.39 is 0 Å². The normalized spacial score (nSPS) is 16.9. The Balaban J connectivity index is 1.75. The SMILES string of the molecule is COc1ccc(CNC(=O)[C@@H](C)SC2CCCC2)cc1. The van der Waals surface area contributed by atoms with Gasteiger partial charge in [-0.2, -0.15) is 0 Å². The fraction of sp³-hybridized carbons (Fsp3) is 0.562. The van der Waals surface area contributed by atoms with Gasteiger partial charge in [-0.15, -0.1) is 11.8 Å². The van der Waals surface area contributed by atoms with Crippen molar-refractivity contribution >= 4 is 17.7 Å². The molecule has 4 heteroatoms. The summed E-state index contributed by atoms with van der Waals surface area (Å²) < 4.78 is 5.12. The Morgan fingerprint density at radius 2 is 2.00 bits per heavy atom. The molecule has 0 radical (unpaired) electrons. The maximum absolute atomic E-state index is 12.1. The van der Waals surface area contributed by atoms with Gasteiger partial charge in [-0.05, 0) is 37.5 Å². The first-order chi connectivity index (χ1) is 9.69. The molecule has 1 atom stereocenters. The van der Waals surface area contributed by atoms with Crippen molar-refractivity contribution in [2.45, 2.75) is 49.7 Å². The Kier molecular flexibility index (Phi) is 5.77. The zero-order valence-electron chi connectivity index (χ0n) is 12.2. The zero-order chi connectivity index (χ0) is 14.4. The van der Waals surface area contributed by atoms with Gasteiger partial charge in [0.1, 0.15) is 5.75 Å². The molecule has 1 saturated carbocycles. The van der Waals surface area contributed by atoms with Gasteiger partial charge in [-0.1, -0.05) is 25.0 Å². The van der Waals surface area contributed by atoms with Crippen LogP contribution in [-0.2, 0) is 11.3 Å². The van der Waals surface area contributed by atoms with Gasteiger partial charge in [0.15, 0.2) is 0 Å². The molecule has 0 unspecified atom stereocenters. The van der Waals surface area contributed by atoms with Crippen molar-refractivity contribution < 1.29 is 9.53 Å². The molecule has 0 aliphatic heterocycles. The van der Waals surface area contributed by atoms with Crippen molar-refractivity contribution in [3.05, 3.63) is 29.8 Å². The van der Waals surface area contributed by atoms with Crippen molar-refractivity contribution in [2.75, 3.05) is 7.11 Å². The molecule has 2 rings (SSSR count). The third-order valence-electron chi connectivity index (χ3n) is 3.69. The van der Waals surface area contributed by atoms with Gasteiger partial charge in [0.05, 0.1) is 12.4 Å². The van der Waals surface area contributed by atoms with Crippen LogP contribution >= 0.6 is 11.8 Å². The number of carbonyl (C=O) groups is 1. The van der Waals surface area contributed by atoms with E-state index in [-0.39, 0.29) is 11.2 Å². The van der Waals surface area contributed by atoms with E-state index in [1.165, 1.54) is 25.7 Å². The minimum absolute atomic E-state index is 0.0383. The predicted molar refractivity (Wildman–Crippen MR) is 84.1 cm³/mol. The minimum Gasteiger partial charge on any atom is -0.497 e. The largest absolute Gasteiger partial charge is 0.497 e. The maximum Gasteiger partial charge on any atom is 0.233 e. The Bertz CT molecular complexity index is 427. The van der Waals surface area contributed by atoms with Crippen LogP contribution in [-0.4, -0.2) is 23.5 Å². The molecule has 0 saturated heterocycles. The van der Waals surface area contributed by atoms with Crippen LogP contribution in [0.3, 0.4) is 0 Å². The summed E-state index contributed by atoms with van der Waals surface area (Å²) in [6, 6.07) is 7.79. The quantitative estimate of drug-likeness (QED) is 0.874. The number of carbonyl (C=O) groups excluding carboxylic acids is 1. The van der Waals surface area contributed by atoms with Crippen LogP contribution in [0.2, 0.25) is 0 Å². The number of nitrogens with one attached hydrogen (secondary N) is 1. The first-order valence-electron chi connectivity index (χ1n) is 7.25. The molecule has 0 aromatic heterocycles. The van der Waals surface area contributed by atoms with E-state index in [4.69, 9.17) is 4.74 Å². The summed E-state index contributed by atoms with van der Waals surface area (Å²) in [7, 11) is 1.65. The molecule has 3 nitrogen and oxygen atoms in total. The smallest absolute Gasteiger partial charge is 0.233 e. The Hall–Kier alpha value is -1.16. The molecular weight excluding hydrogens is 270 g/mol. The Morgan fingerprint density at radius 1 is 1.35 bits per heavy atom. The summed E-state index contributed by atoms with van der Waals surface area (Å²) in [5.41, 5.74) is 1.09. The number of hydrogen-bond donors (Lipinski definition) is 1. The second-order valence-corrected chi connectivity index (χ2v) is 6.90. The molecule has 1 aliphatic carbocycles. The average molecular weight is 293 g/mol. The predicted octanol–water partition coefficient (Wildman–Crippen LogP) is 3.38. The van der Waals surface area contributed by atoms with Crippen LogP contribution in [0.5, 0.6) is 5.75 Å². The molecule has 1 fully saturated rings. The first kappa shape index (κ1) is 15.2. The lowest BCUT2D eigenvalue weighted by atomic mass is 10.2. The number of amides is 1. The van der Waals surface area contributed by atoms with E-state index in [1.54, 1.807) is 7.11 Å². The number of benzene rings is 1. The number of methoxy groups -OCH3 is 1.